The largest absolute Gasteiger partial charge is 0.313 e. The van der Waals surface area contributed by atoms with Crippen LogP contribution in [0.3, 0.4) is 0 Å². The van der Waals surface area contributed by atoms with E-state index in [1.165, 1.54) is 6.20 Å². The Hall–Kier alpha value is -1.86. The Morgan fingerprint density at radius 2 is 2.05 bits per heavy atom. The van der Waals surface area contributed by atoms with Crippen molar-refractivity contribution in [3.05, 3.63) is 41.1 Å². The fraction of sp³-hybridized carbons (Fsp3) is 0.357. The van der Waals surface area contributed by atoms with Crippen LogP contribution in [0.1, 0.15) is 23.6 Å². The molecule has 0 bridgehead atoms. The second-order valence-electron chi connectivity index (χ2n) is 4.93. The number of aromatic nitrogens is 2. The summed E-state index contributed by atoms with van der Waals surface area (Å²) in [6, 6.07) is 5.65. The standard InChI is InChI=1S/C14H20N4O2S/c1-4-15-8-12-9-16-17-14(12)21(19,20)18-13-7-10(2)5-6-11(13)3/h5-7,9,15,18H,4,8H2,1-3H3,(H,16,17). The van der Waals surface area contributed by atoms with Crippen LogP contribution >= 0.6 is 0 Å². The van der Waals surface area contributed by atoms with Crippen molar-refractivity contribution in [1.82, 2.24) is 15.5 Å². The van der Waals surface area contributed by atoms with Gasteiger partial charge in [0.25, 0.3) is 10.0 Å². The van der Waals surface area contributed by atoms with Crippen LogP contribution < -0.4 is 10.0 Å². The van der Waals surface area contributed by atoms with Gasteiger partial charge in [0.1, 0.15) is 0 Å². The van der Waals surface area contributed by atoms with E-state index < -0.39 is 10.0 Å². The summed E-state index contributed by atoms with van der Waals surface area (Å²) in [5, 5.41) is 9.60. The molecule has 2 aromatic rings. The Bertz CT molecular complexity index is 722. The second kappa shape index (κ2) is 6.28. The summed E-state index contributed by atoms with van der Waals surface area (Å²) < 4.78 is 27.6. The second-order valence-corrected chi connectivity index (χ2v) is 6.55. The molecule has 0 atom stereocenters. The zero-order valence-corrected chi connectivity index (χ0v) is 13.2. The molecule has 0 radical (unpaired) electrons. The monoisotopic (exact) mass is 308 g/mol. The van der Waals surface area contributed by atoms with Crippen LogP contribution in [0.4, 0.5) is 5.69 Å². The normalized spacial score (nSPS) is 11.6. The number of hydrogen-bond acceptors (Lipinski definition) is 4. The van der Waals surface area contributed by atoms with Gasteiger partial charge in [0.2, 0.25) is 0 Å². The number of hydrogen-bond donors (Lipinski definition) is 3. The summed E-state index contributed by atoms with van der Waals surface area (Å²) in [6.07, 6.45) is 1.53. The van der Waals surface area contributed by atoms with Crippen molar-refractivity contribution in [1.29, 1.82) is 0 Å². The molecular weight excluding hydrogens is 288 g/mol. The van der Waals surface area contributed by atoms with E-state index in [0.29, 0.717) is 17.8 Å². The van der Waals surface area contributed by atoms with E-state index in [0.717, 1.165) is 17.7 Å². The Morgan fingerprint density at radius 1 is 1.29 bits per heavy atom. The van der Waals surface area contributed by atoms with Crippen molar-refractivity contribution in [3.8, 4) is 0 Å². The van der Waals surface area contributed by atoms with Crippen molar-refractivity contribution in [3.63, 3.8) is 0 Å². The van der Waals surface area contributed by atoms with E-state index >= 15 is 0 Å². The highest BCUT2D eigenvalue weighted by Crippen LogP contribution is 2.21. The van der Waals surface area contributed by atoms with Crippen LogP contribution in [0, 0.1) is 13.8 Å². The summed E-state index contributed by atoms with van der Waals surface area (Å²) >= 11 is 0. The van der Waals surface area contributed by atoms with E-state index in [1.807, 2.05) is 39.0 Å². The third kappa shape index (κ3) is 3.62. The Kier molecular flexibility index (Phi) is 4.64. The number of benzene rings is 1. The molecule has 7 heteroatoms. The molecule has 0 saturated carbocycles. The minimum atomic E-state index is -3.68. The highest BCUT2D eigenvalue weighted by Gasteiger charge is 2.21. The van der Waals surface area contributed by atoms with Gasteiger partial charge >= 0.3 is 0 Å². The number of aromatic amines is 1. The molecule has 1 aromatic carbocycles. The average molecular weight is 308 g/mol. The molecule has 0 fully saturated rings. The molecule has 6 nitrogen and oxygen atoms in total. The van der Waals surface area contributed by atoms with Crippen molar-refractivity contribution in [2.24, 2.45) is 0 Å². The number of sulfonamides is 1. The number of anilines is 1. The van der Waals surface area contributed by atoms with Gasteiger partial charge in [-0.3, -0.25) is 9.82 Å². The summed E-state index contributed by atoms with van der Waals surface area (Å²) in [6.45, 7) is 6.96. The highest BCUT2D eigenvalue weighted by atomic mass is 32.2. The van der Waals surface area contributed by atoms with E-state index in [9.17, 15) is 8.42 Å². The van der Waals surface area contributed by atoms with Gasteiger partial charge in [-0.25, -0.2) is 0 Å². The predicted molar refractivity (Wildman–Crippen MR) is 82.7 cm³/mol. The maximum atomic E-state index is 12.5. The fourth-order valence-corrected chi connectivity index (χ4v) is 3.21. The lowest BCUT2D eigenvalue weighted by Crippen LogP contribution is -2.19. The van der Waals surface area contributed by atoms with Crippen LogP contribution in [-0.4, -0.2) is 25.2 Å². The summed E-state index contributed by atoms with van der Waals surface area (Å²) in [5.74, 6) is 0. The topological polar surface area (TPSA) is 86.9 Å². The minimum Gasteiger partial charge on any atom is -0.313 e. The Morgan fingerprint density at radius 3 is 2.76 bits per heavy atom. The molecule has 1 aromatic heterocycles. The summed E-state index contributed by atoms with van der Waals surface area (Å²) in [7, 11) is -3.68. The van der Waals surface area contributed by atoms with E-state index in [4.69, 9.17) is 0 Å². The average Bonchev–Trinajstić information content (AvgIpc) is 2.89. The molecule has 0 aliphatic heterocycles. The van der Waals surface area contributed by atoms with Gasteiger partial charge in [0.15, 0.2) is 5.03 Å². The Labute approximate surface area is 125 Å². The first kappa shape index (κ1) is 15.5. The first-order chi connectivity index (χ1) is 9.94. The molecule has 21 heavy (non-hydrogen) atoms. The number of aryl methyl sites for hydroxylation is 2. The van der Waals surface area contributed by atoms with Gasteiger partial charge in [0.05, 0.1) is 11.9 Å². The SMILES string of the molecule is CCNCc1cn[nH]c1S(=O)(=O)Nc1cc(C)ccc1C. The summed E-state index contributed by atoms with van der Waals surface area (Å²) in [4.78, 5) is 0. The molecule has 0 amide bonds. The van der Waals surface area contributed by atoms with E-state index in [2.05, 4.69) is 20.2 Å². The highest BCUT2D eigenvalue weighted by molar-refractivity contribution is 7.92. The molecule has 0 saturated heterocycles. The van der Waals surface area contributed by atoms with Gasteiger partial charge in [-0.1, -0.05) is 19.1 Å². The van der Waals surface area contributed by atoms with Crippen molar-refractivity contribution < 1.29 is 8.42 Å². The zero-order valence-electron chi connectivity index (χ0n) is 12.4. The lowest BCUT2D eigenvalue weighted by Gasteiger charge is -2.11. The quantitative estimate of drug-likeness (QED) is 0.761. The lowest BCUT2D eigenvalue weighted by molar-refractivity contribution is 0.594. The van der Waals surface area contributed by atoms with Gasteiger partial charge in [-0.15, -0.1) is 0 Å². The van der Waals surface area contributed by atoms with Crippen LogP contribution in [0.15, 0.2) is 29.4 Å². The number of H-pyrrole nitrogens is 1. The number of nitrogens with zero attached hydrogens (tertiary/aromatic N) is 1. The molecular formula is C14H20N4O2S. The molecule has 2 rings (SSSR count). The van der Waals surface area contributed by atoms with Crippen LogP contribution in [0.2, 0.25) is 0 Å². The van der Waals surface area contributed by atoms with Crippen LogP contribution in [-0.2, 0) is 16.6 Å². The molecule has 0 unspecified atom stereocenters. The number of nitrogens with one attached hydrogen (secondary N) is 3. The molecule has 0 aliphatic carbocycles. The van der Waals surface area contributed by atoms with Crippen LogP contribution in [0.5, 0.6) is 0 Å². The smallest absolute Gasteiger partial charge is 0.279 e. The first-order valence-corrected chi connectivity index (χ1v) is 8.25. The van der Waals surface area contributed by atoms with Gasteiger partial charge < -0.3 is 5.32 Å². The molecule has 3 N–H and O–H groups in total. The fourth-order valence-electron chi connectivity index (χ4n) is 1.96. The third-order valence-electron chi connectivity index (χ3n) is 3.15. The van der Waals surface area contributed by atoms with Gasteiger partial charge in [0, 0.05) is 12.1 Å². The van der Waals surface area contributed by atoms with E-state index in [1.54, 1.807) is 0 Å². The zero-order chi connectivity index (χ0) is 15.5. The van der Waals surface area contributed by atoms with Crippen molar-refractivity contribution in [2.45, 2.75) is 32.3 Å². The maximum absolute atomic E-state index is 12.5. The molecule has 114 valence electrons. The first-order valence-electron chi connectivity index (χ1n) is 6.77. The molecule has 1 heterocycles. The summed E-state index contributed by atoms with van der Waals surface area (Å²) in [5.41, 5.74) is 3.07. The van der Waals surface area contributed by atoms with E-state index in [-0.39, 0.29) is 5.03 Å². The number of rotatable bonds is 6. The van der Waals surface area contributed by atoms with Crippen LogP contribution in [0.25, 0.3) is 0 Å². The molecule has 0 aliphatic rings. The minimum absolute atomic E-state index is 0.101. The predicted octanol–water partition coefficient (Wildman–Crippen LogP) is 1.94. The van der Waals surface area contributed by atoms with Gasteiger partial charge in [-0.05, 0) is 37.6 Å². The van der Waals surface area contributed by atoms with Gasteiger partial charge in [-0.2, -0.15) is 13.5 Å². The third-order valence-corrected chi connectivity index (χ3v) is 4.53. The Balaban J connectivity index is 2.30. The van der Waals surface area contributed by atoms with Crippen molar-refractivity contribution >= 4 is 15.7 Å². The molecule has 0 spiro atoms. The van der Waals surface area contributed by atoms with Crippen molar-refractivity contribution in [2.75, 3.05) is 11.3 Å². The lowest BCUT2D eigenvalue weighted by atomic mass is 10.1. The maximum Gasteiger partial charge on any atom is 0.279 e.